The first-order valence-electron chi connectivity index (χ1n) is 7.73. The maximum atomic E-state index is 9.80. The summed E-state index contributed by atoms with van der Waals surface area (Å²) in [4.78, 5) is 2.57. The van der Waals surface area contributed by atoms with Crippen LogP contribution in [0.1, 0.15) is 43.2 Å². The molecule has 2 bridgehead atoms. The highest BCUT2D eigenvalue weighted by Gasteiger charge is 2.52. The van der Waals surface area contributed by atoms with Crippen molar-refractivity contribution in [1.29, 1.82) is 0 Å². The molecule has 1 saturated carbocycles. The van der Waals surface area contributed by atoms with Gasteiger partial charge in [0.15, 0.2) is 0 Å². The third-order valence-corrected chi connectivity index (χ3v) is 6.09. The van der Waals surface area contributed by atoms with Gasteiger partial charge in [0.25, 0.3) is 0 Å². The Balaban J connectivity index is 1.90. The molecule has 2 heteroatoms. The first kappa shape index (κ1) is 11.8. The SMILES string of the molecule is CN1CC[C@]23CCCC[C@H]2[C@H]1Cc1cc(O)ccc13. The van der Waals surface area contributed by atoms with E-state index in [0.29, 0.717) is 17.2 Å². The van der Waals surface area contributed by atoms with Crippen LogP contribution in [0.4, 0.5) is 0 Å². The lowest BCUT2D eigenvalue weighted by Crippen LogP contribution is -2.59. The lowest BCUT2D eigenvalue weighted by atomic mass is 9.52. The van der Waals surface area contributed by atoms with Crippen LogP contribution in [-0.4, -0.2) is 29.6 Å². The van der Waals surface area contributed by atoms with Gasteiger partial charge in [-0.1, -0.05) is 18.9 Å². The smallest absolute Gasteiger partial charge is 0.115 e. The number of rotatable bonds is 0. The summed E-state index contributed by atoms with van der Waals surface area (Å²) in [5.41, 5.74) is 3.41. The molecule has 1 saturated heterocycles. The number of aromatic hydroxyl groups is 1. The molecule has 0 spiro atoms. The molecule has 0 radical (unpaired) electrons. The lowest BCUT2D eigenvalue weighted by Gasteiger charge is -2.58. The molecule has 1 heterocycles. The summed E-state index contributed by atoms with van der Waals surface area (Å²) in [6, 6.07) is 6.85. The average Bonchev–Trinajstić information content (AvgIpc) is 2.42. The summed E-state index contributed by atoms with van der Waals surface area (Å²) in [6.07, 6.45) is 7.99. The summed E-state index contributed by atoms with van der Waals surface area (Å²) in [5.74, 6) is 1.28. The molecule has 0 amide bonds. The van der Waals surface area contributed by atoms with Crippen molar-refractivity contribution in [2.24, 2.45) is 5.92 Å². The van der Waals surface area contributed by atoms with Gasteiger partial charge in [-0.2, -0.15) is 0 Å². The minimum Gasteiger partial charge on any atom is -0.508 e. The van der Waals surface area contributed by atoms with Crippen LogP contribution in [0.2, 0.25) is 0 Å². The van der Waals surface area contributed by atoms with Crippen molar-refractivity contribution in [2.45, 2.75) is 50.0 Å². The van der Waals surface area contributed by atoms with E-state index in [0.717, 1.165) is 12.3 Å². The van der Waals surface area contributed by atoms with E-state index in [1.807, 2.05) is 12.1 Å². The maximum absolute atomic E-state index is 9.80. The number of nitrogens with zero attached hydrogens (tertiary/aromatic N) is 1. The zero-order chi connectivity index (χ0) is 13.0. The van der Waals surface area contributed by atoms with Crippen LogP contribution in [0.15, 0.2) is 18.2 Å². The number of benzene rings is 1. The Morgan fingerprint density at radius 1 is 1.26 bits per heavy atom. The number of hydrogen-bond acceptors (Lipinski definition) is 2. The van der Waals surface area contributed by atoms with Crippen molar-refractivity contribution in [3.63, 3.8) is 0 Å². The molecule has 1 N–H and O–H groups in total. The molecule has 0 aromatic heterocycles. The molecule has 0 unspecified atom stereocenters. The number of phenols is 1. The monoisotopic (exact) mass is 257 g/mol. The van der Waals surface area contributed by atoms with E-state index in [1.54, 1.807) is 5.56 Å². The van der Waals surface area contributed by atoms with Gasteiger partial charge in [-0.25, -0.2) is 0 Å². The first-order valence-corrected chi connectivity index (χ1v) is 7.73. The summed E-state index contributed by atoms with van der Waals surface area (Å²) in [7, 11) is 2.29. The molecular formula is C17H23NO. The van der Waals surface area contributed by atoms with Gasteiger partial charge in [0.2, 0.25) is 0 Å². The topological polar surface area (TPSA) is 23.5 Å². The number of phenolic OH excluding ortho intramolecular Hbond substituents is 1. The normalized spacial score (nSPS) is 37.5. The zero-order valence-electron chi connectivity index (χ0n) is 11.7. The predicted molar refractivity (Wildman–Crippen MR) is 76.5 cm³/mol. The number of likely N-dealkylation sites (tertiary alicyclic amines) is 1. The quantitative estimate of drug-likeness (QED) is 0.772. The van der Waals surface area contributed by atoms with Gasteiger partial charge in [-0.05, 0) is 68.5 Å². The van der Waals surface area contributed by atoms with E-state index >= 15 is 0 Å². The molecule has 1 aromatic rings. The molecule has 1 aliphatic heterocycles. The molecule has 3 atom stereocenters. The fourth-order valence-corrected chi connectivity index (χ4v) is 5.21. The van der Waals surface area contributed by atoms with Gasteiger partial charge < -0.3 is 10.0 Å². The second-order valence-electron chi connectivity index (χ2n) is 6.85. The van der Waals surface area contributed by atoms with Crippen molar-refractivity contribution >= 4 is 0 Å². The molecule has 19 heavy (non-hydrogen) atoms. The van der Waals surface area contributed by atoms with Crippen LogP contribution >= 0.6 is 0 Å². The Hall–Kier alpha value is -1.02. The zero-order valence-corrected chi connectivity index (χ0v) is 11.7. The van der Waals surface area contributed by atoms with Gasteiger partial charge in [0, 0.05) is 11.5 Å². The lowest BCUT2D eigenvalue weighted by molar-refractivity contribution is 0.00280. The number of fused-ring (bicyclic) bond motifs is 1. The summed E-state index contributed by atoms with van der Waals surface area (Å²) in [5, 5.41) is 9.80. The van der Waals surface area contributed by atoms with Crippen molar-refractivity contribution in [3.05, 3.63) is 29.3 Å². The van der Waals surface area contributed by atoms with E-state index in [1.165, 1.54) is 44.2 Å². The Bertz CT molecular complexity index is 512. The number of hydrogen-bond donors (Lipinski definition) is 1. The average molecular weight is 257 g/mol. The summed E-state index contributed by atoms with van der Waals surface area (Å²) < 4.78 is 0. The summed E-state index contributed by atoms with van der Waals surface area (Å²) in [6.45, 7) is 1.24. The number of likely N-dealkylation sites (N-methyl/N-ethyl adjacent to an activating group) is 1. The van der Waals surface area contributed by atoms with Crippen LogP contribution in [0.5, 0.6) is 5.75 Å². The van der Waals surface area contributed by atoms with Gasteiger partial charge in [-0.15, -0.1) is 0 Å². The largest absolute Gasteiger partial charge is 0.508 e. The summed E-state index contributed by atoms with van der Waals surface area (Å²) >= 11 is 0. The molecule has 4 rings (SSSR count). The van der Waals surface area contributed by atoms with E-state index in [9.17, 15) is 5.11 Å². The fraction of sp³-hybridized carbons (Fsp3) is 0.647. The van der Waals surface area contributed by atoms with Gasteiger partial charge >= 0.3 is 0 Å². The third kappa shape index (κ3) is 1.53. The van der Waals surface area contributed by atoms with Crippen molar-refractivity contribution in [3.8, 4) is 5.75 Å². The predicted octanol–water partition coefficient (Wildman–Crippen LogP) is 3.08. The second-order valence-corrected chi connectivity index (χ2v) is 6.85. The first-order chi connectivity index (χ1) is 9.21. The highest BCUT2D eigenvalue weighted by atomic mass is 16.3. The molecule has 3 aliphatic rings. The van der Waals surface area contributed by atoms with Crippen LogP contribution in [0.3, 0.4) is 0 Å². The third-order valence-electron chi connectivity index (χ3n) is 6.09. The van der Waals surface area contributed by atoms with Gasteiger partial charge in [0.1, 0.15) is 5.75 Å². The van der Waals surface area contributed by atoms with E-state index in [4.69, 9.17) is 0 Å². The Labute approximate surface area is 115 Å². The van der Waals surface area contributed by atoms with Crippen molar-refractivity contribution in [2.75, 3.05) is 13.6 Å². The second kappa shape index (κ2) is 3.99. The Kier molecular flexibility index (Phi) is 2.47. The molecule has 2 nitrogen and oxygen atoms in total. The van der Waals surface area contributed by atoms with Crippen LogP contribution in [0, 0.1) is 5.92 Å². The maximum Gasteiger partial charge on any atom is 0.115 e. The van der Waals surface area contributed by atoms with Crippen LogP contribution in [0.25, 0.3) is 0 Å². The number of piperidine rings is 1. The van der Waals surface area contributed by atoms with Gasteiger partial charge in [-0.3, -0.25) is 0 Å². The van der Waals surface area contributed by atoms with Crippen LogP contribution < -0.4 is 0 Å². The van der Waals surface area contributed by atoms with Crippen molar-refractivity contribution in [1.82, 2.24) is 4.90 Å². The Morgan fingerprint density at radius 3 is 3.05 bits per heavy atom. The van der Waals surface area contributed by atoms with E-state index in [2.05, 4.69) is 18.0 Å². The van der Waals surface area contributed by atoms with Gasteiger partial charge in [0.05, 0.1) is 0 Å². The fourth-order valence-electron chi connectivity index (χ4n) is 5.21. The highest BCUT2D eigenvalue weighted by Crippen LogP contribution is 2.55. The minimum absolute atomic E-state index is 0.427. The molecule has 2 fully saturated rings. The van der Waals surface area contributed by atoms with Crippen LogP contribution in [-0.2, 0) is 11.8 Å². The molecular weight excluding hydrogens is 234 g/mol. The molecule has 2 aliphatic carbocycles. The van der Waals surface area contributed by atoms with E-state index < -0.39 is 0 Å². The van der Waals surface area contributed by atoms with Crippen molar-refractivity contribution < 1.29 is 5.11 Å². The standard InChI is InChI=1S/C17H23NO/c1-18-9-8-17-7-3-2-4-15(17)16(18)11-12-10-13(19)5-6-14(12)17/h5-6,10,15-16,19H,2-4,7-9,11H2,1H3/t15-,16+,17-/m0/s1. The molecule has 102 valence electrons. The minimum atomic E-state index is 0.427. The highest BCUT2D eigenvalue weighted by molar-refractivity contribution is 5.44. The molecule has 1 aromatic carbocycles. The van der Waals surface area contributed by atoms with E-state index in [-0.39, 0.29) is 0 Å². The Morgan fingerprint density at radius 2 is 2.16 bits per heavy atom.